The van der Waals surface area contributed by atoms with Crippen LogP contribution in [0.3, 0.4) is 0 Å². The number of benzene rings is 8. The molecule has 1 heterocycles. The standard InChI is InChI=1S/C54H40S/c1-53(2)47-27-23-37(29-45(47)41-25-21-35(31-49(41)53)33-13-7-5-8-14-33)39-17-11-19-43-44-20-12-18-40(52(44)55-51(39)43)38-24-28-48-46(30-38)42-26-22-36(32-50(42)54(48,3)4)34-15-9-6-10-16-34/h5-32H,1-4H3. The fourth-order valence-corrected chi connectivity index (χ4v) is 11.1. The highest BCUT2D eigenvalue weighted by Crippen LogP contribution is 2.53. The number of hydrogen-bond acceptors (Lipinski definition) is 1. The van der Waals surface area contributed by atoms with Crippen LogP contribution in [0.2, 0.25) is 0 Å². The molecule has 262 valence electrons. The summed E-state index contributed by atoms with van der Waals surface area (Å²) < 4.78 is 2.70. The summed E-state index contributed by atoms with van der Waals surface area (Å²) in [5, 5.41) is 2.66. The van der Waals surface area contributed by atoms with Gasteiger partial charge < -0.3 is 0 Å². The van der Waals surface area contributed by atoms with E-state index in [1.165, 1.54) is 109 Å². The summed E-state index contributed by atoms with van der Waals surface area (Å²) in [7, 11) is 0. The van der Waals surface area contributed by atoms with Crippen LogP contribution in [-0.2, 0) is 10.8 Å². The molecule has 0 atom stereocenters. The Hall–Kier alpha value is -6.02. The molecule has 0 saturated heterocycles. The van der Waals surface area contributed by atoms with E-state index in [0.717, 1.165) is 0 Å². The third-order valence-electron chi connectivity index (χ3n) is 12.7. The predicted molar refractivity (Wildman–Crippen MR) is 236 cm³/mol. The van der Waals surface area contributed by atoms with Crippen LogP contribution in [-0.4, -0.2) is 0 Å². The van der Waals surface area contributed by atoms with E-state index >= 15 is 0 Å². The van der Waals surface area contributed by atoms with Crippen molar-refractivity contribution >= 4 is 31.5 Å². The van der Waals surface area contributed by atoms with Gasteiger partial charge in [-0.3, -0.25) is 0 Å². The van der Waals surface area contributed by atoms with Gasteiger partial charge >= 0.3 is 0 Å². The molecule has 55 heavy (non-hydrogen) atoms. The third-order valence-corrected chi connectivity index (χ3v) is 14.0. The van der Waals surface area contributed by atoms with Gasteiger partial charge in [-0.2, -0.15) is 0 Å². The van der Waals surface area contributed by atoms with E-state index in [4.69, 9.17) is 0 Å². The molecule has 0 amide bonds. The van der Waals surface area contributed by atoms with Gasteiger partial charge in [-0.25, -0.2) is 0 Å². The van der Waals surface area contributed by atoms with Crippen molar-refractivity contribution in [3.8, 4) is 66.8 Å². The molecule has 0 unspecified atom stereocenters. The molecule has 0 bridgehead atoms. The summed E-state index contributed by atoms with van der Waals surface area (Å²) in [6, 6.07) is 63.7. The molecular weight excluding hydrogens is 681 g/mol. The quantitative estimate of drug-likeness (QED) is 0.170. The average molecular weight is 721 g/mol. The fraction of sp³-hybridized carbons (Fsp3) is 0.111. The number of hydrogen-bond donors (Lipinski definition) is 0. The van der Waals surface area contributed by atoms with Gasteiger partial charge in [-0.05, 0) is 113 Å². The SMILES string of the molecule is CC1(C)c2ccc(-c3cccc4c3sc3c(-c5ccc6c(c5)-c5ccc(-c7ccccc7)cc5C6(C)C)cccc34)cc2-c2ccc(-c3ccccc3)cc21. The summed E-state index contributed by atoms with van der Waals surface area (Å²) in [4.78, 5) is 0. The highest BCUT2D eigenvalue weighted by molar-refractivity contribution is 7.26. The van der Waals surface area contributed by atoms with Gasteiger partial charge in [-0.15, -0.1) is 11.3 Å². The molecule has 2 aliphatic carbocycles. The first kappa shape index (κ1) is 32.4. The Morgan fingerprint density at radius 1 is 0.291 bits per heavy atom. The predicted octanol–water partition coefficient (Wildman–Crippen LogP) is 15.3. The van der Waals surface area contributed by atoms with Gasteiger partial charge in [0.05, 0.1) is 0 Å². The molecule has 0 N–H and O–H groups in total. The van der Waals surface area contributed by atoms with E-state index in [2.05, 4.69) is 198 Å². The highest BCUT2D eigenvalue weighted by atomic mass is 32.1. The van der Waals surface area contributed by atoms with Crippen molar-refractivity contribution < 1.29 is 0 Å². The Kier molecular flexibility index (Phi) is 6.92. The smallest absolute Gasteiger partial charge is 0.0434 e. The van der Waals surface area contributed by atoms with Crippen LogP contribution in [0, 0.1) is 0 Å². The van der Waals surface area contributed by atoms with Crippen molar-refractivity contribution in [1.82, 2.24) is 0 Å². The molecule has 11 rings (SSSR count). The topological polar surface area (TPSA) is 0 Å². The molecule has 0 fully saturated rings. The zero-order valence-corrected chi connectivity index (χ0v) is 32.4. The first-order valence-electron chi connectivity index (χ1n) is 19.4. The van der Waals surface area contributed by atoms with E-state index in [-0.39, 0.29) is 10.8 Å². The zero-order valence-electron chi connectivity index (χ0n) is 31.6. The van der Waals surface area contributed by atoms with E-state index in [1.807, 2.05) is 11.3 Å². The lowest BCUT2D eigenvalue weighted by Gasteiger charge is -2.22. The lowest BCUT2D eigenvalue weighted by atomic mass is 9.81. The van der Waals surface area contributed by atoms with E-state index in [9.17, 15) is 0 Å². The van der Waals surface area contributed by atoms with Crippen molar-refractivity contribution in [2.45, 2.75) is 38.5 Å². The minimum absolute atomic E-state index is 0.0672. The maximum Gasteiger partial charge on any atom is 0.0434 e. The summed E-state index contributed by atoms with van der Waals surface area (Å²) in [5.74, 6) is 0. The van der Waals surface area contributed by atoms with E-state index in [0.29, 0.717) is 0 Å². The summed E-state index contributed by atoms with van der Waals surface area (Å²) in [5.41, 5.74) is 21.1. The van der Waals surface area contributed by atoms with Gasteiger partial charge in [0.2, 0.25) is 0 Å². The van der Waals surface area contributed by atoms with Crippen LogP contribution in [0.25, 0.3) is 86.9 Å². The van der Waals surface area contributed by atoms with Gasteiger partial charge in [0.1, 0.15) is 0 Å². The minimum Gasteiger partial charge on any atom is -0.134 e. The number of fused-ring (bicyclic) bond motifs is 9. The Labute approximate surface area is 327 Å². The van der Waals surface area contributed by atoms with Crippen molar-refractivity contribution in [2.24, 2.45) is 0 Å². The Morgan fingerprint density at radius 2 is 0.709 bits per heavy atom. The van der Waals surface area contributed by atoms with Gasteiger partial charge in [0, 0.05) is 31.0 Å². The van der Waals surface area contributed by atoms with Gasteiger partial charge in [0.25, 0.3) is 0 Å². The zero-order chi connectivity index (χ0) is 37.1. The lowest BCUT2D eigenvalue weighted by molar-refractivity contribution is 0.660. The maximum atomic E-state index is 2.45. The lowest BCUT2D eigenvalue weighted by Crippen LogP contribution is -2.15. The number of rotatable bonds is 4. The second-order valence-corrected chi connectivity index (χ2v) is 17.5. The molecule has 8 aromatic carbocycles. The van der Waals surface area contributed by atoms with Crippen LogP contribution in [0.1, 0.15) is 49.9 Å². The van der Waals surface area contributed by atoms with Crippen molar-refractivity contribution in [2.75, 3.05) is 0 Å². The molecular formula is C54H40S. The molecule has 0 nitrogen and oxygen atoms in total. The average Bonchev–Trinajstić information content (AvgIpc) is 3.80. The Bertz CT molecular complexity index is 2810. The van der Waals surface area contributed by atoms with E-state index in [1.54, 1.807) is 0 Å². The third kappa shape index (κ3) is 4.76. The normalized spacial score (nSPS) is 14.5. The molecule has 1 aromatic heterocycles. The van der Waals surface area contributed by atoms with E-state index < -0.39 is 0 Å². The minimum atomic E-state index is -0.0672. The number of thiophene rings is 1. The van der Waals surface area contributed by atoms with Crippen LogP contribution in [0.5, 0.6) is 0 Å². The fourth-order valence-electron chi connectivity index (χ4n) is 9.74. The molecule has 1 heteroatoms. The van der Waals surface area contributed by atoms with Crippen molar-refractivity contribution in [3.05, 3.63) is 192 Å². The van der Waals surface area contributed by atoms with Crippen LogP contribution in [0.15, 0.2) is 170 Å². The monoisotopic (exact) mass is 720 g/mol. The molecule has 0 aliphatic heterocycles. The van der Waals surface area contributed by atoms with Crippen LogP contribution < -0.4 is 0 Å². The first-order chi connectivity index (χ1) is 26.8. The summed E-state index contributed by atoms with van der Waals surface area (Å²) in [6.07, 6.45) is 0. The Balaban J connectivity index is 1.01. The second kappa shape index (κ2) is 11.7. The highest BCUT2D eigenvalue weighted by Gasteiger charge is 2.37. The summed E-state index contributed by atoms with van der Waals surface area (Å²) >= 11 is 1.94. The molecule has 0 spiro atoms. The van der Waals surface area contributed by atoms with Crippen molar-refractivity contribution in [3.63, 3.8) is 0 Å². The maximum absolute atomic E-state index is 2.45. The van der Waals surface area contributed by atoms with Crippen molar-refractivity contribution in [1.29, 1.82) is 0 Å². The summed E-state index contributed by atoms with van der Waals surface area (Å²) in [6.45, 7) is 9.50. The van der Waals surface area contributed by atoms with Crippen LogP contribution >= 0.6 is 11.3 Å². The molecule has 9 aromatic rings. The largest absolute Gasteiger partial charge is 0.134 e. The molecule has 2 aliphatic rings. The molecule has 0 saturated carbocycles. The van der Waals surface area contributed by atoms with Crippen LogP contribution in [0.4, 0.5) is 0 Å². The Morgan fingerprint density at radius 3 is 1.15 bits per heavy atom. The first-order valence-corrected chi connectivity index (χ1v) is 20.2. The molecule has 0 radical (unpaired) electrons. The van der Waals surface area contributed by atoms with Gasteiger partial charge in [-0.1, -0.05) is 173 Å². The second-order valence-electron chi connectivity index (χ2n) is 16.5. The van der Waals surface area contributed by atoms with Gasteiger partial charge in [0.15, 0.2) is 0 Å².